The molecule has 0 bridgehead atoms. The molecule has 0 unspecified atom stereocenters. The second-order valence-electron chi connectivity index (χ2n) is 6.14. The average molecular weight is 418 g/mol. The van der Waals surface area contributed by atoms with Gasteiger partial charge in [0.25, 0.3) is 5.91 Å². The van der Waals surface area contributed by atoms with Crippen LogP contribution in [-0.2, 0) is 4.74 Å². The number of anilines is 2. The fraction of sp³-hybridized carbons (Fsp3) is 0.353. The molecule has 1 aliphatic heterocycles. The Morgan fingerprint density at radius 1 is 1.31 bits per heavy atom. The molecule has 0 aromatic carbocycles. The summed E-state index contributed by atoms with van der Waals surface area (Å²) in [6.45, 7) is 4.07. The van der Waals surface area contributed by atoms with E-state index >= 15 is 0 Å². The van der Waals surface area contributed by atoms with Gasteiger partial charge in [-0.05, 0) is 13.0 Å². The van der Waals surface area contributed by atoms with E-state index in [1.165, 1.54) is 13.2 Å². The average Bonchev–Trinajstić information content (AvgIpc) is 3.36. The SMILES string of the molecule is COc1c(N2CCOCC2)cc(C(=O)Nc2nnc(-n3nccc3C)s2)oc1=O. The van der Waals surface area contributed by atoms with Crippen molar-refractivity contribution in [2.75, 3.05) is 43.6 Å². The summed E-state index contributed by atoms with van der Waals surface area (Å²) in [6, 6.07) is 3.32. The van der Waals surface area contributed by atoms with Crippen LogP contribution in [-0.4, -0.2) is 59.3 Å². The highest BCUT2D eigenvalue weighted by Crippen LogP contribution is 2.27. The topological polar surface area (TPSA) is 125 Å². The van der Waals surface area contributed by atoms with Crippen LogP contribution in [0, 0.1) is 6.92 Å². The fourth-order valence-corrected chi connectivity index (χ4v) is 3.65. The first-order valence-electron chi connectivity index (χ1n) is 8.77. The molecule has 12 heteroatoms. The lowest BCUT2D eigenvalue weighted by Gasteiger charge is -2.29. The van der Waals surface area contributed by atoms with Crippen molar-refractivity contribution in [1.82, 2.24) is 20.0 Å². The Bertz CT molecular complexity index is 1080. The Balaban J connectivity index is 1.59. The Kier molecular flexibility index (Phi) is 5.27. The molecule has 11 nitrogen and oxygen atoms in total. The minimum atomic E-state index is -0.730. The third-order valence-corrected chi connectivity index (χ3v) is 5.13. The lowest BCUT2D eigenvalue weighted by molar-refractivity contribution is 0.0991. The van der Waals surface area contributed by atoms with E-state index in [2.05, 4.69) is 20.6 Å². The van der Waals surface area contributed by atoms with E-state index in [-0.39, 0.29) is 16.6 Å². The molecule has 0 radical (unpaired) electrons. The van der Waals surface area contributed by atoms with Crippen molar-refractivity contribution in [1.29, 1.82) is 0 Å². The molecule has 152 valence electrons. The van der Waals surface area contributed by atoms with Crippen LogP contribution in [0.15, 0.2) is 27.5 Å². The molecule has 4 rings (SSSR count). The minimum absolute atomic E-state index is 0.0517. The van der Waals surface area contributed by atoms with Crippen molar-refractivity contribution in [3.8, 4) is 10.9 Å². The molecule has 0 saturated carbocycles. The number of amides is 1. The van der Waals surface area contributed by atoms with Gasteiger partial charge in [-0.25, -0.2) is 9.48 Å². The predicted octanol–water partition coefficient (Wildman–Crippen LogP) is 1.08. The molecule has 29 heavy (non-hydrogen) atoms. The molecular weight excluding hydrogens is 400 g/mol. The lowest BCUT2D eigenvalue weighted by Crippen LogP contribution is -2.37. The number of rotatable bonds is 5. The van der Waals surface area contributed by atoms with Crippen molar-refractivity contribution in [3.05, 3.63) is 40.2 Å². The van der Waals surface area contributed by atoms with Gasteiger partial charge in [0.1, 0.15) is 0 Å². The summed E-state index contributed by atoms with van der Waals surface area (Å²) in [7, 11) is 1.38. The molecule has 1 aliphatic rings. The number of carbonyl (C=O) groups is 1. The molecular formula is C17H18N6O5S. The molecule has 0 spiro atoms. The zero-order valence-electron chi connectivity index (χ0n) is 15.7. The number of morpholine rings is 1. The van der Waals surface area contributed by atoms with Gasteiger partial charge >= 0.3 is 5.63 Å². The summed E-state index contributed by atoms with van der Waals surface area (Å²) in [4.78, 5) is 26.9. The van der Waals surface area contributed by atoms with E-state index in [4.69, 9.17) is 13.9 Å². The molecule has 3 aromatic rings. The summed E-state index contributed by atoms with van der Waals surface area (Å²) < 4.78 is 17.3. The van der Waals surface area contributed by atoms with Crippen molar-refractivity contribution in [2.45, 2.75) is 6.92 Å². The summed E-state index contributed by atoms with van der Waals surface area (Å²) >= 11 is 1.15. The second kappa shape index (κ2) is 8.01. The molecule has 1 saturated heterocycles. The van der Waals surface area contributed by atoms with Crippen LogP contribution in [0.25, 0.3) is 5.13 Å². The number of ether oxygens (including phenoxy) is 2. The van der Waals surface area contributed by atoms with Crippen molar-refractivity contribution >= 4 is 28.1 Å². The third-order valence-electron chi connectivity index (χ3n) is 4.32. The molecule has 4 heterocycles. The van der Waals surface area contributed by atoms with Crippen LogP contribution in [0.5, 0.6) is 5.75 Å². The van der Waals surface area contributed by atoms with E-state index in [9.17, 15) is 9.59 Å². The number of carbonyl (C=O) groups excluding carboxylic acids is 1. The van der Waals surface area contributed by atoms with Crippen molar-refractivity contribution in [3.63, 3.8) is 0 Å². The fourth-order valence-electron chi connectivity index (χ4n) is 2.89. The van der Waals surface area contributed by atoms with Crippen LogP contribution in [0.3, 0.4) is 0 Å². The summed E-state index contributed by atoms with van der Waals surface area (Å²) in [5.41, 5.74) is 0.643. The standard InChI is InChI=1S/C17H18N6O5S/c1-10-3-4-18-23(10)17-21-20-16(29-17)19-14(24)12-9-11(13(26-2)15(25)28-12)22-5-7-27-8-6-22/h3-4,9H,5-8H2,1-2H3,(H,19,20,24). The Labute approximate surface area is 168 Å². The van der Waals surface area contributed by atoms with Crippen LogP contribution >= 0.6 is 11.3 Å². The highest BCUT2D eigenvalue weighted by molar-refractivity contribution is 7.17. The maximum absolute atomic E-state index is 12.7. The van der Waals surface area contributed by atoms with Gasteiger partial charge in [0, 0.05) is 31.0 Å². The van der Waals surface area contributed by atoms with E-state index in [1.54, 1.807) is 10.9 Å². The third kappa shape index (κ3) is 3.84. The van der Waals surface area contributed by atoms with Crippen molar-refractivity contribution in [2.24, 2.45) is 0 Å². The molecule has 1 amide bonds. The summed E-state index contributed by atoms with van der Waals surface area (Å²) in [5, 5.41) is 15.5. The van der Waals surface area contributed by atoms with Gasteiger partial charge in [0.15, 0.2) is 5.76 Å². The summed E-state index contributed by atoms with van der Waals surface area (Å²) in [5.74, 6) is -0.709. The van der Waals surface area contributed by atoms with Gasteiger partial charge in [-0.1, -0.05) is 11.3 Å². The quantitative estimate of drug-likeness (QED) is 0.648. The second-order valence-corrected chi connectivity index (χ2v) is 7.10. The molecule has 0 atom stereocenters. The van der Waals surface area contributed by atoms with Crippen LogP contribution in [0.2, 0.25) is 0 Å². The first-order chi connectivity index (χ1) is 14.1. The van der Waals surface area contributed by atoms with E-state index in [0.29, 0.717) is 37.1 Å². The van der Waals surface area contributed by atoms with Crippen LogP contribution in [0.1, 0.15) is 16.2 Å². The number of hydrogen-bond acceptors (Lipinski definition) is 10. The number of aryl methyl sites for hydroxylation is 1. The number of nitrogens with one attached hydrogen (secondary N) is 1. The molecule has 1 fully saturated rings. The Morgan fingerprint density at radius 3 is 2.79 bits per heavy atom. The number of aromatic nitrogens is 4. The zero-order valence-corrected chi connectivity index (χ0v) is 16.6. The normalized spacial score (nSPS) is 14.1. The maximum atomic E-state index is 12.7. The first-order valence-corrected chi connectivity index (χ1v) is 9.59. The molecule has 3 aromatic heterocycles. The Hall–Kier alpha value is -3.25. The van der Waals surface area contributed by atoms with Crippen LogP contribution < -0.4 is 20.6 Å². The first kappa shape index (κ1) is 19.1. The van der Waals surface area contributed by atoms with E-state index in [0.717, 1.165) is 17.0 Å². The maximum Gasteiger partial charge on any atom is 0.381 e. The number of hydrogen-bond donors (Lipinski definition) is 1. The van der Waals surface area contributed by atoms with Gasteiger partial charge < -0.3 is 18.8 Å². The van der Waals surface area contributed by atoms with Crippen molar-refractivity contribution < 1.29 is 18.7 Å². The van der Waals surface area contributed by atoms with Gasteiger partial charge in [0.2, 0.25) is 16.0 Å². The van der Waals surface area contributed by atoms with E-state index in [1.807, 2.05) is 17.9 Å². The largest absolute Gasteiger partial charge is 0.488 e. The number of nitrogens with zero attached hydrogens (tertiary/aromatic N) is 5. The lowest BCUT2D eigenvalue weighted by atomic mass is 10.2. The highest BCUT2D eigenvalue weighted by atomic mass is 32.1. The predicted molar refractivity (Wildman–Crippen MR) is 104 cm³/mol. The van der Waals surface area contributed by atoms with Gasteiger partial charge in [-0.15, -0.1) is 10.2 Å². The van der Waals surface area contributed by atoms with Gasteiger partial charge in [0.05, 0.1) is 26.0 Å². The zero-order chi connectivity index (χ0) is 20.4. The van der Waals surface area contributed by atoms with Gasteiger partial charge in [-0.3, -0.25) is 10.1 Å². The summed E-state index contributed by atoms with van der Waals surface area (Å²) in [6.07, 6.45) is 1.65. The molecule has 0 aliphatic carbocycles. The Morgan fingerprint density at radius 2 is 2.10 bits per heavy atom. The van der Waals surface area contributed by atoms with E-state index < -0.39 is 11.5 Å². The highest BCUT2D eigenvalue weighted by Gasteiger charge is 2.23. The number of methoxy groups -OCH3 is 1. The smallest absolute Gasteiger partial charge is 0.381 e. The monoisotopic (exact) mass is 418 g/mol. The van der Waals surface area contributed by atoms with Crippen LogP contribution in [0.4, 0.5) is 10.8 Å². The molecule has 1 N–H and O–H groups in total. The minimum Gasteiger partial charge on any atom is -0.488 e. The van der Waals surface area contributed by atoms with Gasteiger partial charge in [-0.2, -0.15) is 5.10 Å².